The van der Waals surface area contributed by atoms with Crippen LogP contribution in [0.5, 0.6) is 0 Å². The number of β-amino-alcohol motifs (C(OH)–C–C–N with tert-alkyl or cyclic N) is 1. The lowest BCUT2D eigenvalue weighted by Gasteiger charge is -2.16. The van der Waals surface area contributed by atoms with E-state index in [-0.39, 0.29) is 5.92 Å². The van der Waals surface area contributed by atoms with Gasteiger partial charge in [0.2, 0.25) is 0 Å². The van der Waals surface area contributed by atoms with Crippen molar-refractivity contribution in [2.75, 3.05) is 18.0 Å². The minimum Gasteiger partial charge on any atom is -0.391 e. The quantitative estimate of drug-likeness (QED) is 0.914. The maximum absolute atomic E-state index is 10.2. The fourth-order valence-corrected chi connectivity index (χ4v) is 2.67. The van der Waals surface area contributed by atoms with Crippen LogP contribution in [-0.4, -0.2) is 34.4 Å². The van der Waals surface area contributed by atoms with Gasteiger partial charge in [0.25, 0.3) is 0 Å². The zero-order chi connectivity index (χ0) is 14.8. The van der Waals surface area contributed by atoms with Crippen LogP contribution in [0.3, 0.4) is 0 Å². The zero-order valence-electron chi connectivity index (χ0n) is 11.7. The molecule has 1 saturated heterocycles. The maximum atomic E-state index is 10.2. The second kappa shape index (κ2) is 5.54. The van der Waals surface area contributed by atoms with Crippen LogP contribution < -0.4 is 4.90 Å². The van der Waals surface area contributed by atoms with Gasteiger partial charge < -0.3 is 14.5 Å². The molecule has 0 radical (unpaired) electrons. The molecule has 0 aromatic carbocycles. The topological polar surface area (TPSA) is 86.2 Å². The predicted octanol–water partition coefficient (Wildman–Crippen LogP) is 1.29. The van der Waals surface area contributed by atoms with Gasteiger partial charge in [-0.05, 0) is 19.1 Å². The van der Waals surface area contributed by atoms with Crippen LogP contribution in [-0.2, 0) is 6.42 Å². The van der Waals surface area contributed by atoms with Crippen LogP contribution in [0.2, 0.25) is 0 Å². The van der Waals surface area contributed by atoms with E-state index in [0.717, 1.165) is 17.3 Å². The molecule has 0 unspecified atom stereocenters. The lowest BCUT2D eigenvalue weighted by atomic mass is 10.0. The maximum Gasteiger partial charge on any atom is 0.137 e. The molecule has 2 aromatic rings. The summed E-state index contributed by atoms with van der Waals surface area (Å²) in [6.07, 6.45) is 1.83. The van der Waals surface area contributed by atoms with Crippen molar-refractivity contribution >= 4 is 5.82 Å². The Morgan fingerprint density at radius 2 is 2.33 bits per heavy atom. The van der Waals surface area contributed by atoms with Gasteiger partial charge in [-0.15, -0.1) is 0 Å². The van der Waals surface area contributed by atoms with Crippen molar-refractivity contribution in [1.82, 2.24) is 10.1 Å². The summed E-state index contributed by atoms with van der Waals surface area (Å²) in [6.45, 7) is 3.07. The first-order chi connectivity index (χ1) is 10.2. The molecule has 1 aliphatic rings. The second-order valence-corrected chi connectivity index (χ2v) is 5.39. The number of nitriles is 1. The van der Waals surface area contributed by atoms with Gasteiger partial charge >= 0.3 is 0 Å². The average molecular weight is 284 g/mol. The summed E-state index contributed by atoms with van der Waals surface area (Å²) < 4.78 is 5.21. The van der Waals surface area contributed by atoms with E-state index in [1.807, 2.05) is 17.9 Å². The summed E-state index contributed by atoms with van der Waals surface area (Å²) in [6, 6.07) is 7.41. The van der Waals surface area contributed by atoms with Crippen molar-refractivity contribution in [1.29, 1.82) is 5.26 Å². The number of anilines is 1. The second-order valence-electron chi connectivity index (χ2n) is 5.39. The Morgan fingerprint density at radius 3 is 3.05 bits per heavy atom. The molecule has 0 saturated carbocycles. The zero-order valence-corrected chi connectivity index (χ0v) is 11.7. The fourth-order valence-electron chi connectivity index (χ4n) is 2.67. The van der Waals surface area contributed by atoms with Crippen LogP contribution in [0.15, 0.2) is 28.9 Å². The number of pyridine rings is 1. The lowest BCUT2D eigenvalue weighted by Crippen LogP contribution is -2.22. The van der Waals surface area contributed by atoms with Crippen molar-refractivity contribution in [2.45, 2.75) is 19.4 Å². The van der Waals surface area contributed by atoms with Crippen LogP contribution in [0, 0.1) is 24.2 Å². The molecule has 1 N–H and O–H groups in total. The molecule has 2 atom stereocenters. The third kappa shape index (κ3) is 2.88. The summed E-state index contributed by atoms with van der Waals surface area (Å²) in [5.74, 6) is 1.59. The molecule has 3 rings (SSSR count). The fraction of sp³-hybridized carbons (Fsp3) is 0.400. The highest BCUT2D eigenvalue weighted by Crippen LogP contribution is 2.26. The van der Waals surface area contributed by atoms with E-state index in [2.05, 4.69) is 16.2 Å². The molecule has 108 valence electrons. The van der Waals surface area contributed by atoms with Gasteiger partial charge in [0.05, 0.1) is 23.4 Å². The third-order valence-corrected chi connectivity index (χ3v) is 3.75. The number of aliphatic hydroxyl groups excluding tert-OH is 1. The summed E-state index contributed by atoms with van der Waals surface area (Å²) >= 11 is 0. The molecular formula is C15H16N4O2. The van der Waals surface area contributed by atoms with Crippen LogP contribution in [0.4, 0.5) is 5.82 Å². The van der Waals surface area contributed by atoms with Gasteiger partial charge in [0.15, 0.2) is 0 Å². The number of hydrogen-bond donors (Lipinski definition) is 1. The monoisotopic (exact) mass is 284 g/mol. The van der Waals surface area contributed by atoms with E-state index in [4.69, 9.17) is 9.78 Å². The van der Waals surface area contributed by atoms with Crippen molar-refractivity contribution in [3.05, 3.63) is 41.4 Å². The molecule has 0 spiro atoms. The largest absolute Gasteiger partial charge is 0.391 e. The average Bonchev–Trinajstić information content (AvgIpc) is 3.06. The first-order valence-corrected chi connectivity index (χ1v) is 6.87. The normalized spacial score (nSPS) is 21.5. The number of aromatic nitrogens is 2. The van der Waals surface area contributed by atoms with Crippen molar-refractivity contribution in [3.8, 4) is 6.07 Å². The van der Waals surface area contributed by atoms with Crippen molar-refractivity contribution < 1.29 is 9.63 Å². The van der Waals surface area contributed by atoms with Crippen LogP contribution >= 0.6 is 0 Å². The summed E-state index contributed by atoms with van der Waals surface area (Å²) in [7, 11) is 0. The first kappa shape index (κ1) is 13.6. The van der Waals surface area contributed by atoms with E-state index in [9.17, 15) is 5.11 Å². The van der Waals surface area contributed by atoms with Crippen molar-refractivity contribution in [2.24, 2.45) is 5.92 Å². The number of nitrogens with zero attached hydrogens (tertiary/aromatic N) is 4. The Balaban J connectivity index is 1.72. The molecule has 6 heteroatoms. The first-order valence-electron chi connectivity index (χ1n) is 6.87. The highest BCUT2D eigenvalue weighted by Gasteiger charge is 2.33. The molecule has 0 amide bonds. The minimum absolute atomic E-state index is 0.0740. The van der Waals surface area contributed by atoms with Gasteiger partial charge in [0, 0.05) is 37.7 Å². The third-order valence-electron chi connectivity index (χ3n) is 3.75. The summed E-state index contributed by atoms with van der Waals surface area (Å²) in [5, 5.41) is 23.0. The van der Waals surface area contributed by atoms with Gasteiger partial charge in [-0.25, -0.2) is 4.98 Å². The van der Waals surface area contributed by atoms with Gasteiger partial charge in [0.1, 0.15) is 11.6 Å². The van der Waals surface area contributed by atoms with Gasteiger partial charge in [-0.3, -0.25) is 0 Å². The molecule has 21 heavy (non-hydrogen) atoms. The van der Waals surface area contributed by atoms with Gasteiger partial charge in [-0.2, -0.15) is 5.26 Å². The van der Waals surface area contributed by atoms with E-state index >= 15 is 0 Å². The Bertz CT molecular complexity index is 676. The van der Waals surface area contributed by atoms with E-state index < -0.39 is 6.10 Å². The summed E-state index contributed by atoms with van der Waals surface area (Å²) in [4.78, 5) is 6.28. The Kier molecular flexibility index (Phi) is 3.59. The minimum atomic E-state index is -0.442. The van der Waals surface area contributed by atoms with E-state index in [1.165, 1.54) is 0 Å². The SMILES string of the molecule is Cc1cc(C[C@@H]2CN(c3cc(C#N)ccn3)C[C@H]2O)on1. The van der Waals surface area contributed by atoms with E-state index in [1.54, 1.807) is 18.3 Å². The molecule has 2 aromatic heterocycles. The molecule has 0 aliphatic carbocycles. The predicted molar refractivity (Wildman–Crippen MR) is 75.6 cm³/mol. The molecule has 1 fully saturated rings. The Labute approximate surface area is 122 Å². The molecule has 1 aliphatic heterocycles. The highest BCUT2D eigenvalue weighted by atomic mass is 16.5. The van der Waals surface area contributed by atoms with E-state index in [0.29, 0.717) is 25.1 Å². The molecule has 3 heterocycles. The van der Waals surface area contributed by atoms with Crippen LogP contribution in [0.25, 0.3) is 0 Å². The van der Waals surface area contributed by atoms with Crippen molar-refractivity contribution in [3.63, 3.8) is 0 Å². The standard InChI is InChI=1S/C15H16N4O2/c1-10-4-13(21-18-10)6-12-8-19(9-14(12)20)15-5-11(7-16)2-3-17-15/h2-5,12,14,20H,6,8-9H2,1H3/t12-,14-/m1/s1. The van der Waals surface area contributed by atoms with Gasteiger partial charge in [-0.1, -0.05) is 5.16 Å². The molecule has 0 bridgehead atoms. The Hall–Kier alpha value is -2.39. The Morgan fingerprint density at radius 1 is 1.48 bits per heavy atom. The summed E-state index contributed by atoms with van der Waals surface area (Å²) in [5.41, 5.74) is 1.42. The number of rotatable bonds is 3. The highest BCUT2D eigenvalue weighted by molar-refractivity contribution is 5.46. The molecular weight excluding hydrogens is 268 g/mol. The number of aryl methyl sites for hydroxylation is 1. The molecule has 6 nitrogen and oxygen atoms in total. The smallest absolute Gasteiger partial charge is 0.137 e. The number of hydrogen-bond acceptors (Lipinski definition) is 6. The van der Waals surface area contributed by atoms with Crippen LogP contribution in [0.1, 0.15) is 17.0 Å². The number of aliphatic hydroxyl groups is 1. The lowest BCUT2D eigenvalue weighted by molar-refractivity contribution is 0.143.